The van der Waals surface area contributed by atoms with Crippen LogP contribution in [0.5, 0.6) is 11.5 Å². The van der Waals surface area contributed by atoms with Gasteiger partial charge in [-0.15, -0.1) is 0 Å². The van der Waals surface area contributed by atoms with E-state index in [9.17, 15) is 14.7 Å². The van der Waals surface area contributed by atoms with Crippen molar-refractivity contribution in [3.8, 4) is 11.5 Å². The Balaban J connectivity index is 1.97. The Labute approximate surface area is 238 Å². The lowest BCUT2D eigenvalue weighted by molar-refractivity contribution is -0.132. The van der Waals surface area contributed by atoms with Gasteiger partial charge in [0, 0.05) is 24.5 Å². The summed E-state index contributed by atoms with van der Waals surface area (Å²) >= 11 is 12.8. The number of benzene rings is 3. The van der Waals surface area contributed by atoms with Gasteiger partial charge in [-0.1, -0.05) is 53.0 Å². The van der Waals surface area contributed by atoms with Crippen LogP contribution in [-0.4, -0.2) is 44.1 Å². The minimum absolute atomic E-state index is 0.0296. The van der Waals surface area contributed by atoms with Gasteiger partial charge < -0.3 is 19.5 Å². The van der Waals surface area contributed by atoms with Gasteiger partial charge in [-0.05, 0) is 56.7 Å². The zero-order valence-electron chi connectivity index (χ0n) is 22.4. The molecule has 0 bridgehead atoms. The van der Waals surface area contributed by atoms with Crippen LogP contribution in [0.4, 0.5) is 11.4 Å². The van der Waals surface area contributed by atoms with Crippen molar-refractivity contribution in [2.24, 2.45) is 0 Å². The number of Topliss-reactive ketones (excluding diaryl/α,β-unsaturated/α-hetero) is 1. The molecule has 1 atom stereocenters. The van der Waals surface area contributed by atoms with Crippen molar-refractivity contribution < 1.29 is 24.2 Å². The first-order valence-corrected chi connectivity index (χ1v) is 13.3. The summed E-state index contributed by atoms with van der Waals surface area (Å²) in [7, 11) is 2.78. The Kier molecular flexibility index (Phi) is 8.42. The molecule has 0 saturated carbocycles. The van der Waals surface area contributed by atoms with Crippen LogP contribution < -0.4 is 19.3 Å². The first-order chi connectivity index (χ1) is 18.7. The molecule has 0 spiro atoms. The van der Waals surface area contributed by atoms with Crippen molar-refractivity contribution in [1.29, 1.82) is 0 Å². The van der Waals surface area contributed by atoms with Crippen molar-refractivity contribution in [1.82, 2.24) is 0 Å². The van der Waals surface area contributed by atoms with E-state index < -0.39 is 23.5 Å². The fourth-order valence-corrected chi connectivity index (χ4v) is 5.55. The molecule has 7 nitrogen and oxygen atoms in total. The number of amides is 1. The van der Waals surface area contributed by atoms with E-state index >= 15 is 0 Å². The van der Waals surface area contributed by atoms with Gasteiger partial charge in [0.15, 0.2) is 11.5 Å². The molecule has 1 unspecified atom stereocenters. The lowest BCUT2D eigenvalue weighted by atomic mass is 9.94. The Morgan fingerprint density at radius 3 is 2.08 bits per heavy atom. The maximum atomic E-state index is 13.6. The third-order valence-electron chi connectivity index (χ3n) is 6.89. The highest BCUT2D eigenvalue weighted by atomic mass is 35.5. The number of hydrogen-bond donors (Lipinski definition) is 1. The number of aryl methyl sites for hydroxylation is 1. The predicted molar refractivity (Wildman–Crippen MR) is 156 cm³/mol. The molecular formula is C30H30Cl2N2O5. The summed E-state index contributed by atoms with van der Waals surface area (Å²) in [5.74, 6) is -1.83. The Morgan fingerprint density at radius 2 is 1.54 bits per heavy atom. The van der Waals surface area contributed by atoms with E-state index in [2.05, 4.69) is 18.7 Å². The molecule has 0 aromatic heterocycles. The molecule has 1 amide bonds. The zero-order chi connectivity index (χ0) is 28.4. The molecule has 3 aromatic carbocycles. The van der Waals surface area contributed by atoms with Crippen LogP contribution in [0, 0.1) is 6.92 Å². The first kappa shape index (κ1) is 28.3. The predicted octanol–water partition coefficient (Wildman–Crippen LogP) is 6.79. The lowest BCUT2D eigenvalue weighted by Gasteiger charge is -2.27. The van der Waals surface area contributed by atoms with Crippen LogP contribution in [0.15, 0.2) is 60.2 Å². The molecule has 1 saturated heterocycles. The average Bonchev–Trinajstić information content (AvgIpc) is 3.20. The molecule has 1 aliphatic heterocycles. The number of ether oxygens (including phenoxy) is 2. The van der Waals surface area contributed by atoms with Crippen LogP contribution in [0.1, 0.15) is 36.6 Å². The number of ketones is 1. The maximum absolute atomic E-state index is 13.6. The van der Waals surface area contributed by atoms with E-state index in [4.69, 9.17) is 32.7 Å². The van der Waals surface area contributed by atoms with Gasteiger partial charge in [-0.2, -0.15) is 0 Å². The second kappa shape index (κ2) is 11.6. The van der Waals surface area contributed by atoms with Gasteiger partial charge in [0.2, 0.25) is 0 Å². The minimum Gasteiger partial charge on any atom is -0.507 e. The molecule has 4 rings (SSSR count). The summed E-state index contributed by atoms with van der Waals surface area (Å²) < 4.78 is 10.7. The number of rotatable bonds is 8. The molecular weight excluding hydrogens is 539 g/mol. The van der Waals surface area contributed by atoms with Gasteiger partial charge in [0.1, 0.15) is 10.8 Å². The van der Waals surface area contributed by atoms with Crippen LogP contribution in [0.3, 0.4) is 0 Å². The van der Waals surface area contributed by atoms with E-state index in [1.807, 2.05) is 43.3 Å². The zero-order valence-corrected chi connectivity index (χ0v) is 23.9. The number of halogens is 2. The third kappa shape index (κ3) is 5.04. The summed E-state index contributed by atoms with van der Waals surface area (Å²) in [6.07, 6.45) is 0. The molecule has 204 valence electrons. The molecule has 1 N–H and O–H groups in total. The highest BCUT2D eigenvalue weighted by molar-refractivity contribution is 6.52. The van der Waals surface area contributed by atoms with Crippen molar-refractivity contribution in [3.63, 3.8) is 0 Å². The molecule has 1 heterocycles. The van der Waals surface area contributed by atoms with Crippen molar-refractivity contribution in [2.45, 2.75) is 26.8 Å². The number of aliphatic hydroxyl groups is 1. The number of hydrogen-bond acceptors (Lipinski definition) is 6. The van der Waals surface area contributed by atoms with Crippen LogP contribution in [-0.2, 0) is 9.59 Å². The van der Waals surface area contributed by atoms with Crippen LogP contribution in [0.25, 0.3) is 5.76 Å². The number of aliphatic hydroxyl groups excluding tert-OH is 1. The van der Waals surface area contributed by atoms with E-state index in [0.29, 0.717) is 11.3 Å². The highest BCUT2D eigenvalue weighted by Crippen LogP contribution is 2.48. The average molecular weight is 569 g/mol. The number of carbonyl (C=O) groups is 2. The molecule has 9 heteroatoms. The monoisotopic (exact) mass is 568 g/mol. The molecule has 0 aliphatic carbocycles. The van der Waals surface area contributed by atoms with Crippen LogP contribution in [0.2, 0.25) is 10.0 Å². The second-order valence-corrected chi connectivity index (χ2v) is 9.84. The fourth-order valence-electron chi connectivity index (χ4n) is 4.87. The first-order valence-electron chi connectivity index (χ1n) is 12.5. The summed E-state index contributed by atoms with van der Waals surface area (Å²) in [5.41, 5.74) is 3.15. The summed E-state index contributed by atoms with van der Waals surface area (Å²) in [6, 6.07) is 15.4. The lowest BCUT2D eigenvalue weighted by Crippen LogP contribution is -2.29. The molecule has 1 aliphatic rings. The number of methoxy groups -OCH3 is 2. The summed E-state index contributed by atoms with van der Waals surface area (Å²) in [6.45, 7) is 7.74. The Morgan fingerprint density at radius 1 is 0.949 bits per heavy atom. The Bertz CT molecular complexity index is 1430. The molecule has 0 radical (unpaired) electrons. The van der Waals surface area contributed by atoms with E-state index in [1.54, 1.807) is 12.1 Å². The fraction of sp³-hybridized carbons (Fsp3) is 0.267. The third-order valence-corrected chi connectivity index (χ3v) is 7.51. The van der Waals surface area contributed by atoms with Gasteiger partial charge in [-0.3, -0.25) is 14.5 Å². The highest BCUT2D eigenvalue weighted by Gasteiger charge is 2.47. The SMILES string of the molecule is CCN(CC)c1ccc(C2/C(=C(\O)c3cc(Cl)c(OC)c(Cl)c3OC)C(=O)C(=O)N2c2ccc(C)cc2)cc1. The van der Waals surface area contributed by atoms with Gasteiger partial charge in [0.25, 0.3) is 11.7 Å². The van der Waals surface area contributed by atoms with E-state index in [1.165, 1.54) is 25.2 Å². The normalized spacial score (nSPS) is 16.5. The van der Waals surface area contributed by atoms with Gasteiger partial charge in [0.05, 0.1) is 36.4 Å². The maximum Gasteiger partial charge on any atom is 0.300 e. The molecule has 3 aromatic rings. The number of carbonyl (C=O) groups excluding carboxylic acids is 2. The topological polar surface area (TPSA) is 79.3 Å². The number of nitrogens with zero attached hydrogens (tertiary/aromatic N) is 2. The largest absolute Gasteiger partial charge is 0.507 e. The standard InChI is InChI=1S/C30H30Cl2N2O5/c1-6-33(7-2)19-14-10-18(11-15-19)25-23(27(36)30(37)34(25)20-12-8-17(3)9-13-20)26(35)21-16-22(31)29(39-5)24(32)28(21)38-4/h8-16,25,35H,6-7H2,1-5H3/b26-23+. The van der Waals surface area contributed by atoms with Crippen molar-refractivity contribution >= 4 is 52.0 Å². The van der Waals surface area contributed by atoms with Crippen molar-refractivity contribution in [3.05, 3.63) is 86.9 Å². The quantitative estimate of drug-likeness (QED) is 0.183. The van der Waals surface area contributed by atoms with E-state index in [0.717, 1.165) is 24.3 Å². The number of anilines is 2. The molecule has 39 heavy (non-hydrogen) atoms. The summed E-state index contributed by atoms with van der Waals surface area (Å²) in [4.78, 5) is 30.7. The van der Waals surface area contributed by atoms with Gasteiger partial charge in [-0.25, -0.2) is 0 Å². The van der Waals surface area contributed by atoms with Crippen LogP contribution >= 0.6 is 23.2 Å². The smallest absolute Gasteiger partial charge is 0.300 e. The minimum atomic E-state index is -0.914. The van der Waals surface area contributed by atoms with E-state index in [-0.39, 0.29) is 32.7 Å². The second-order valence-electron chi connectivity index (χ2n) is 9.05. The molecule has 1 fully saturated rings. The van der Waals surface area contributed by atoms with Gasteiger partial charge >= 0.3 is 0 Å². The summed E-state index contributed by atoms with van der Waals surface area (Å²) in [5, 5.41) is 11.8. The Hall–Kier alpha value is -3.68. The van der Waals surface area contributed by atoms with Crippen molar-refractivity contribution in [2.75, 3.05) is 37.1 Å².